The molecule has 1 aliphatic carbocycles. The number of benzene rings is 13. The minimum atomic E-state index is -0.278. The van der Waals surface area contributed by atoms with Gasteiger partial charge in [-0.1, -0.05) is 219 Å². The predicted molar refractivity (Wildman–Crippen MR) is 560 cm³/mol. The summed E-state index contributed by atoms with van der Waals surface area (Å²) in [7, 11) is 0. The van der Waals surface area contributed by atoms with Crippen LogP contribution in [0.3, 0.4) is 0 Å². The van der Waals surface area contributed by atoms with Crippen LogP contribution >= 0.6 is 0 Å². The van der Waals surface area contributed by atoms with Crippen molar-refractivity contribution in [1.29, 1.82) is 5.26 Å². The molecule has 147 heavy (non-hydrogen) atoms. The van der Waals surface area contributed by atoms with Gasteiger partial charge in [0.15, 0.2) is 0 Å². The zero-order valence-corrected chi connectivity index (χ0v) is 99.0. The maximum absolute atomic E-state index is 12.6. The summed E-state index contributed by atoms with van der Waals surface area (Å²) >= 11 is 0. The van der Waals surface area contributed by atoms with Gasteiger partial charge in [0.2, 0.25) is 0 Å². The first-order valence-electron chi connectivity index (χ1n) is 45.0. The molecule has 20 heteroatoms. The molecule has 0 fully saturated rings. The number of halogens is 1. The molecule has 0 bridgehead atoms. The van der Waals surface area contributed by atoms with Gasteiger partial charge >= 0.3 is 0 Å². The Kier molecular flexibility index (Phi) is 52.1. The number of rotatable bonds is 10. The Bertz CT molecular complexity index is 7580. The second-order valence-electron chi connectivity index (χ2n) is 32.1. The number of aryl methyl sites for hydroxylation is 3. The molecular formula is C127H91FIr8N11-9. The van der Waals surface area contributed by atoms with Crippen molar-refractivity contribution in [2.75, 3.05) is 0 Å². The second kappa shape index (κ2) is 63.4. The fourth-order valence-corrected chi connectivity index (χ4v) is 15.1. The van der Waals surface area contributed by atoms with Gasteiger partial charge in [-0.05, 0) is 158 Å². The van der Waals surface area contributed by atoms with E-state index in [1.165, 1.54) is 73.0 Å². The van der Waals surface area contributed by atoms with Crippen LogP contribution in [-0.2, 0) is 166 Å². The molecule has 1 aliphatic rings. The van der Waals surface area contributed by atoms with Gasteiger partial charge in [0, 0.05) is 234 Å². The van der Waals surface area contributed by atoms with Crippen molar-refractivity contribution in [2.24, 2.45) is 0 Å². The molecule has 0 unspecified atom stereocenters. The molecule has 9 aromatic heterocycles. The topological polar surface area (TPSA) is 144 Å². The number of pyridine rings is 9. The summed E-state index contributed by atoms with van der Waals surface area (Å²) in [6, 6.07) is 164. The molecule has 23 rings (SSSR count). The van der Waals surface area contributed by atoms with Crippen LogP contribution in [0.15, 0.2) is 462 Å². The van der Waals surface area contributed by atoms with Gasteiger partial charge in [0.25, 0.3) is 0 Å². The first kappa shape index (κ1) is 121. The summed E-state index contributed by atoms with van der Waals surface area (Å²) in [4.78, 5) is 42.5. The van der Waals surface area contributed by atoms with Gasteiger partial charge in [-0.3, -0.25) is 9.24 Å². The zero-order valence-electron chi connectivity index (χ0n) is 79.8. The number of hydrogen-bond donors (Lipinski definition) is 0. The van der Waals surface area contributed by atoms with Crippen LogP contribution in [0.1, 0.15) is 47.4 Å². The number of hydrogen-bond acceptors (Lipinski definition) is 10. The summed E-state index contributed by atoms with van der Waals surface area (Å²) in [6.45, 7) is 17.6. The van der Waals surface area contributed by atoms with Crippen LogP contribution in [0.2, 0.25) is 0 Å². The molecule has 8 radical (unpaired) electrons. The summed E-state index contributed by atoms with van der Waals surface area (Å²) in [6.07, 6.45) is 14.5. The first-order chi connectivity index (χ1) is 68.3. The number of aromatic nitrogens is 9. The summed E-state index contributed by atoms with van der Waals surface area (Å²) in [5.41, 5.74) is 31.0. The Morgan fingerprint density at radius 3 is 1.31 bits per heavy atom. The number of fused-ring (bicyclic) bond motifs is 6. The molecule has 0 atom stereocenters. The van der Waals surface area contributed by atoms with Crippen LogP contribution in [0.4, 0.5) is 10.1 Å². The molecule has 13 aromatic carbocycles. The monoisotopic (exact) mass is 3330 g/mol. The van der Waals surface area contributed by atoms with Crippen LogP contribution in [0, 0.1) is 99.1 Å². The van der Waals surface area contributed by atoms with E-state index in [2.05, 4.69) is 247 Å². The van der Waals surface area contributed by atoms with E-state index in [0.717, 1.165) is 112 Å². The largest absolute Gasteiger partial charge is 0.305 e. The predicted octanol–water partition coefficient (Wildman–Crippen LogP) is 30.7. The van der Waals surface area contributed by atoms with Crippen molar-refractivity contribution < 1.29 is 165 Å². The van der Waals surface area contributed by atoms with E-state index in [-0.39, 0.29) is 172 Å². The molecule has 742 valence electrons. The van der Waals surface area contributed by atoms with Crippen molar-refractivity contribution in [3.63, 3.8) is 0 Å². The Balaban J connectivity index is 0.000000223. The van der Waals surface area contributed by atoms with E-state index in [9.17, 15) is 4.39 Å². The average molecular weight is 3330 g/mol. The molecule has 0 amide bonds. The maximum Gasteiger partial charge on any atom is 0.108 e. The third-order valence-electron chi connectivity index (χ3n) is 22.2. The standard InChI is InChI=1S/2C18H14N.C17H12N.C14H12N.C13H8N.2C12H7N2.C12H10N.C11H7FN.8Ir/c1-14-12-18(16-10-6-3-7-11-16)19-13-17(14)15-8-4-2-5-9-15;1-14-7-5-6-10-17(14)16-11-12-18(19-13-16)15-8-3-2-4-9-15;1-2-6-14(7-3-1)15-9-11-16(12-10-15)17-8-4-5-13-18-17;1-14(2)11-7-4-3-6-10(11)13-12(14)8-5-9-15-13;1-2-6-12-10(4-1)7-8-11-5-3-9-14-13(11)12;1-13-11-6-4-5-10(9-11)12-7-2-3-8-14-12;13-9-10-4-6-11(7-5-10)12-3-1-2-8-14-12;1-10-6-5-9-12(13-10)11-7-3-2-4-8-11;12-10-6-4-9(5-7-10)11-3-1-2-8-13-11;;;;;;;;/h2-10,12-13H,1H3;2-8,10-13H,1H3;1-11,13H;3-5,7-9H,1-2H3;1-5,7-9H;2-4,6-9H;1-6,8H;2-7,9H,1H3;1-4,6-8H;;;;;;;;/q9*-1;;;;;;;;. The molecule has 11 nitrogen and oxygen atoms in total. The van der Waals surface area contributed by atoms with Gasteiger partial charge < -0.3 is 44.9 Å². The molecule has 0 saturated carbocycles. The molecule has 0 N–H and O–H groups in total. The van der Waals surface area contributed by atoms with Crippen molar-refractivity contribution in [1.82, 2.24) is 44.9 Å². The Morgan fingerprint density at radius 1 is 0.306 bits per heavy atom. The summed E-state index contributed by atoms with van der Waals surface area (Å²) in [5, 5.41) is 12.1. The Morgan fingerprint density at radius 2 is 0.776 bits per heavy atom. The molecule has 22 aromatic rings. The van der Waals surface area contributed by atoms with E-state index in [4.69, 9.17) is 11.8 Å². The van der Waals surface area contributed by atoms with E-state index in [1.807, 2.05) is 286 Å². The average Bonchev–Trinajstić information content (AvgIpc) is 1.59. The van der Waals surface area contributed by atoms with Crippen LogP contribution in [-0.4, -0.2) is 44.9 Å². The molecule has 9 heterocycles. The molecular weight excluding hydrogens is 3240 g/mol. The van der Waals surface area contributed by atoms with E-state index >= 15 is 0 Å². The van der Waals surface area contributed by atoms with Gasteiger partial charge in [-0.15, -0.1) is 291 Å². The normalized spacial score (nSPS) is 10.1. The summed E-state index contributed by atoms with van der Waals surface area (Å²) < 4.78 is 12.6. The van der Waals surface area contributed by atoms with Crippen molar-refractivity contribution in [3.05, 3.63) is 567 Å². The third-order valence-corrected chi connectivity index (χ3v) is 22.2. The van der Waals surface area contributed by atoms with Gasteiger partial charge in [-0.2, -0.15) is 6.07 Å². The van der Waals surface area contributed by atoms with Gasteiger partial charge in [0.1, 0.15) is 5.69 Å². The number of nitriles is 1. The molecule has 0 saturated heterocycles. The maximum atomic E-state index is 12.6. The van der Waals surface area contributed by atoms with Gasteiger partial charge in [0.05, 0.1) is 6.57 Å². The SMILES string of the molecule is CC1(C)c2ccc[c-]c2-c2ncccc21.Cc1cc(-c2[c-]cccc2)ncc1-c1ccccc1.Cc1cccc(-c2[c-]cccc2)n1.Cc1ccccc1-c1ccc(-c2[c-]cccc2)nc1.Fc1c[c-]c(-c2ccccn2)cc1.N#Cc1c[c-]c(-c2ccccn2)cc1.[C-]#[N+]c1cc[c-]c(-c2ccccn2)c1.[Ir].[Ir].[Ir].[Ir].[Ir].[Ir].[Ir].[Ir].[c-]1cc(-c2ccccc2)ccc1-c1ccccn1.[c-]1cccc2ccc3cccnc3c12. The number of nitrogens with zero attached hydrogens (tertiary/aromatic N) is 11. The van der Waals surface area contributed by atoms with E-state index in [1.54, 1.807) is 61.2 Å². The zero-order chi connectivity index (χ0) is 96.0. The van der Waals surface area contributed by atoms with Crippen LogP contribution < -0.4 is 0 Å². The summed E-state index contributed by atoms with van der Waals surface area (Å²) in [5.74, 6) is -0.278. The van der Waals surface area contributed by atoms with Gasteiger partial charge in [-0.25, -0.2) is 5.26 Å². The van der Waals surface area contributed by atoms with Crippen LogP contribution in [0.5, 0.6) is 0 Å². The quantitative estimate of drug-likeness (QED) is 0.0958. The minimum Gasteiger partial charge on any atom is -0.305 e. The van der Waals surface area contributed by atoms with Crippen LogP contribution in [0.25, 0.3) is 150 Å². The third kappa shape index (κ3) is 34.7. The smallest absolute Gasteiger partial charge is 0.108 e. The van der Waals surface area contributed by atoms with E-state index < -0.39 is 0 Å². The van der Waals surface area contributed by atoms with E-state index in [0.29, 0.717) is 11.3 Å². The first-order valence-corrected chi connectivity index (χ1v) is 45.0. The fourth-order valence-electron chi connectivity index (χ4n) is 15.1. The fraction of sp³-hybridized carbons (Fsp3) is 0.0472. The second-order valence-corrected chi connectivity index (χ2v) is 32.1. The molecule has 0 aliphatic heterocycles. The Labute approximate surface area is 969 Å². The van der Waals surface area contributed by atoms with Crippen molar-refractivity contribution in [2.45, 2.75) is 40.0 Å². The van der Waals surface area contributed by atoms with Crippen molar-refractivity contribution >= 4 is 27.4 Å². The minimum absolute atomic E-state index is 0. The van der Waals surface area contributed by atoms with Crippen molar-refractivity contribution in [3.8, 4) is 130 Å². The Hall–Kier alpha value is -13.2. The molecule has 0 spiro atoms.